The van der Waals surface area contributed by atoms with Crippen molar-refractivity contribution in [1.82, 2.24) is 8.54 Å². The summed E-state index contributed by atoms with van der Waals surface area (Å²) in [5.74, 6) is -2.89. The summed E-state index contributed by atoms with van der Waals surface area (Å²) in [5, 5.41) is 8.69. The Hall–Kier alpha value is -1.52. The molecule has 10 heteroatoms. The fourth-order valence-electron chi connectivity index (χ4n) is 1.81. The molecule has 2 heterocycles. The Bertz CT molecular complexity index is 700. The summed E-state index contributed by atoms with van der Waals surface area (Å²) in [6.45, 7) is 0.352. The third-order valence-electron chi connectivity index (χ3n) is 2.69. The molecule has 106 valence electrons. The van der Waals surface area contributed by atoms with Gasteiger partial charge in [0, 0.05) is 6.61 Å². The van der Waals surface area contributed by atoms with E-state index in [1.165, 1.54) is 0 Å². The highest BCUT2D eigenvalue weighted by atomic mass is 32.2. The standard InChI is InChI=1S/C9H11FN2O6S/c10-6-4-11(7-2-1-3-18-7)9(15)12(8(6)14)19(16,17)5-13/h4,7,13H,1-3,5H2. The maximum Gasteiger partial charge on any atom is 0.347 e. The van der Waals surface area contributed by atoms with Crippen molar-refractivity contribution < 1.29 is 22.7 Å². The lowest BCUT2D eigenvalue weighted by Gasteiger charge is -2.14. The third kappa shape index (κ3) is 2.33. The largest absolute Gasteiger partial charge is 0.378 e. The first-order chi connectivity index (χ1) is 8.88. The van der Waals surface area contributed by atoms with Crippen molar-refractivity contribution in [1.29, 1.82) is 0 Å². The Balaban J connectivity index is 2.74. The molecule has 0 bridgehead atoms. The molecule has 1 aromatic rings. The van der Waals surface area contributed by atoms with Crippen LogP contribution in [-0.2, 0) is 14.8 Å². The topological polar surface area (TPSA) is 108 Å². The number of hydrogen-bond acceptors (Lipinski definition) is 6. The summed E-state index contributed by atoms with van der Waals surface area (Å²) in [6, 6.07) is 0. The van der Waals surface area contributed by atoms with E-state index in [0.717, 1.165) is 0 Å². The molecule has 0 aliphatic carbocycles. The fourth-order valence-corrected chi connectivity index (χ4v) is 2.60. The monoisotopic (exact) mass is 294 g/mol. The smallest absolute Gasteiger partial charge is 0.347 e. The third-order valence-corrected chi connectivity index (χ3v) is 3.90. The van der Waals surface area contributed by atoms with Crippen molar-refractivity contribution >= 4 is 10.0 Å². The molecule has 0 radical (unpaired) electrons. The number of aromatic nitrogens is 2. The maximum atomic E-state index is 13.4. The number of aliphatic hydroxyl groups is 1. The van der Waals surface area contributed by atoms with Crippen LogP contribution in [0.15, 0.2) is 15.8 Å². The maximum absolute atomic E-state index is 13.4. The summed E-state index contributed by atoms with van der Waals surface area (Å²) in [4.78, 5) is 23.3. The van der Waals surface area contributed by atoms with Crippen LogP contribution in [0.3, 0.4) is 0 Å². The number of rotatable bonds is 3. The average molecular weight is 294 g/mol. The van der Waals surface area contributed by atoms with Gasteiger partial charge in [-0.25, -0.2) is 13.2 Å². The first kappa shape index (κ1) is 13.9. The molecule has 1 aromatic heterocycles. The summed E-state index contributed by atoms with van der Waals surface area (Å²) in [6.07, 6.45) is 0.827. The molecular weight excluding hydrogens is 283 g/mol. The molecule has 1 unspecified atom stereocenters. The van der Waals surface area contributed by atoms with Gasteiger partial charge in [0.1, 0.15) is 6.23 Å². The lowest BCUT2D eigenvalue weighted by atomic mass is 10.3. The Morgan fingerprint density at radius 1 is 1.47 bits per heavy atom. The fraction of sp³-hybridized carbons (Fsp3) is 0.556. The van der Waals surface area contributed by atoms with Crippen molar-refractivity contribution in [2.45, 2.75) is 19.1 Å². The molecule has 1 fully saturated rings. The van der Waals surface area contributed by atoms with Crippen LogP contribution >= 0.6 is 0 Å². The van der Waals surface area contributed by atoms with Crippen molar-refractivity contribution in [3.8, 4) is 0 Å². The summed E-state index contributed by atoms with van der Waals surface area (Å²) in [7, 11) is -4.60. The Morgan fingerprint density at radius 3 is 2.68 bits per heavy atom. The SMILES string of the molecule is O=c1c(F)cn(C2CCCO2)c(=O)n1S(=O)(=O)CO. The molecule has 0 amide bonds. The van der Waals surface area contributed by atoms with Crippen LogP contribution in [0.25, 0.3) is 0 Å². The molecule has 1 N–H and O–H groups in total. The van der Waals surface area contributed by atoms with Crippen LogP contribution < -0.4 is 11.2 Å². The second-order valence-corrected chi connectivity index (χ2v) is 5.73. The minimum absolute atomic E-state index is 0.288. The lowest BCUT2D eigenvalue weighted by Crippen LogP contribution is -2.46. The van der Waals surface area contributed by atoms with Gasteiger partial charge >= 0.3 is 11.2 Å². The molecule has 0 aromatic carbocycles. The number of hydrogen-bond donors (Lipinski definition) is 1. The van der Waals surface area contributed by atoms with Gasteiger partial charge in [0.25, 0.3) is 10.0 Å². The second kappa shape index (κ2) is 4.87. The zero-order valence-electron chi connectivity index (χ0n) is 9.65. The molecule has 1 atom stereocenters. The van der Waals surface area contributed by atoms with E-state index >= 15 is 0 Å². The van der Waals surface area contributed by atoms with E-state index in [-0.39, 0.29) is 3.97 Å². The molecule has 19 heavy (non-hydrogen) atoms. The summed E-state index contributed by atoms with van der Waals surface area (Å²) in [5.41, 5.74) is -2.87. The van der Waals surface area contributed by atoms with Crippen LogP contribution in [0.5, 0.6) is 0 Å². The highest BCUT2D eigenvalue weighted by molar-refractivity contribution is 7.89. The Labute approximate surface area is 106 Å². The predicted octanol–water partition coefficient (Wildman–Crippen LogP) is -1.41. The molecule has 0 spiro atoms. The number of ether oxygens (including phenoxy) is 1. The van der Waals surface area contributed by atoms with Crippen molar-refractivity contribution in [3.63, 3.8) is 0 Å². The second-order valence-electron chi connectivity index (χ2n) is 3.95. The minimum Gasteiger partial charge on any atom is -0.378 e. The van der Waals surface area contributed by atoms with Crippen LogP contribution in [0, 0.1) is 5.82 Å². The van der Waals surface area contributed by atoms with E-state index in [9.17, 15) is 22.4 Å². The zero-order chi connectivity index (χ0) is 14.2. The van der Waals surface area contributed by atoms with E-state index < -0.39 is 39.3 Å². The van der Waals surface area contributed by atoms with Gasteiger partial charge in [-0.05, 0) is 12.8 Å². The van der Waals surface area contributed by atoms with Gasteiger partial charge < -0.3 is 9.84 Å². The van der Waals surface area contributed by atoms with Gasteiger partial charge in [0.2, 0.25) is 5.82 Å². The highest BCUT2D eigenvalue weighted by Crippen LogP contribution is 2.20. The normalized spacial score (nSPS) is 19.8. The van der Waals surface area contributed by atoms with Gasteiger partial charge in [-0.2, -0.15) is 4.39 Å². The first-order valence-electron chi connectivity index (χ1n) is 5.38. The number of aliphatic hydroxyl groups excluding tert-OH is 1. The van der Waals surface area contributed by atoms with Crippen LogP contribution in [0.1, 0.15) is 19.1 Å². The summed E-state index contributed by atoms with van der Waals surface area (Å²) >= 11 is 0. The highest BCUT2D eigenvalue weighted by Gasteiger charge is 2.26. The molecule has 0 saturated carbocycles. The summed E-state index contributed by atoms with van der Waals surface area (Å²) < 4.78 is 41.9. The van der Waals surface area contributed by atoms with Crippen LogP contribution in [0.2, 0.25) is 0 Å². The molecule has 1 aliphatic heterocycles. The Kier molecular flexibility index (Phi) is 3.56. The predicted molar refractivity (Wildman–Crippen MR) is 60.5 cm³/mol. The zero-order valence-corrected chi connectivity index (χ0v) is 10.5. The van der Waals surface area contributed by atoms with Crippen LogP contribution in [-0.4, -0.2) is 34.6 Å². The van der Waals surface area contributed by atoms with Crippen molar-refractivity contribution in [2.75, 3.05) is 12.5 Å². The van der Waals surface area contributed by atoms with Gasteiger partial charge in [-0.15, -0.1) is 3.97 Å². The number of halogens is 1. The first-order valence-corrected chi connectivity index (χ1v) is 6.99. The van der Waals surface area contributed by atoms with Gasteiger partial charge in [0.15, 0.2) is 5.94 Å². The molecule has 2 rings (SSSR count). The van der Waals surface area contributed by atoms with Gasteiger partial charge in [0.05, 0.1) is 6.20 Å². The molecule has 1 aliphatic rings. The van der Waals surface area contributed by atoms with Crippen molar-refractivity contribution in [3.05, 3.63) is 32.9 Å². The van der Waals surface area contributed by atoms with Gasteiger partial charge in [-0.3, -0.25) is 9.36 Å². The van der Waals surface area contributed by atoms with E-state index in [1.54, 1.807) is 0 Å². The van der Waals surface area contributed by atoms with E-state index in [0.29, 0.717) is 30.2 Å². The lowest BCUT2D eigenvalue weighted by molar-refractivity contribution is 0.0513. The van der Waals surface area contributed by atoms with Crippen molar-refractivity contribution in [2.24, 2.45) is 0 Å². The number of nitrogens with zero attached hydrogens (tertiary/aromatic N) is 2. The average Bonchev–Trinajstić information content (AvgIpc) is 2.87. The molecular formula is C9H11FN2O6S. The molecule has 1 saturated heterocycles. The van der Waals surface area contributed by atoms with E-state index in [2.05, 4.69) is 0 Å². The minimum atomic E-state index is -4.60. The van der Waals surface area contributed by atoms with Gasteiger partial charge in [-0.1, -0.05) is 0 Å². The quantitative estimate of drug-likeness (QED) is 0.733. The van der Waals surface area contributed by atoms with E-state index in [4.69, 9.17) is 9.84 Å². The van der Waals surface area contributed by atoms with E-state index in [1.807, 2.05) is 0 Å². The Morgan fingerprint density at radius 2 is 2.16 bits per heavy atom. The molecule has 8 nitrogen and oxygen atoms in total. The van der Waals surface area contributed by atoms with Crippen LogP contribution in [0.4, 0.5) is 4.39 Å².